The van der Waals surface area contributed by atoms with Crippen molar-refractivity contribution in [2.45, 2.75) is 12.3 Å². The molecule has 0 spiro atoms. The molecule has 0 bridgehead atoms. The Morgan fingerprint density at radius 3 is 3.00 bits per heavy atom. The lowest BCUT2D eigenvalue weighted by molar-refractivity contribution is -0.0532. The van der Waals surface area contributed by atoms with E-state index in [0.29, 0.717) is 39.5 Å². The summed E-state index contributed by atoms with van der Waals surface area (Å²) in [5.41, 5.74) is 3.65. The molecule has 2 aliphatic heterocycles. The maximum atomic E-state index is 12.2. The van der Waals surface area contributed by atoms with Gasteiger partial charge in [0.2, 0.25) is 5.76 Å². The number of carbonyl (C=O) groups is 1. The van der Waals surface area contributed by atoms with Crippen LogP contribution in [0.2, 0.25) is 0 Å². The van der Waals surface area contributed by atoms with Crippen LogP contribution in [-0.2, 0) is 14.9 Å². The fourth-order valence-electron chi connectivity index (χ4n) is 2.11. The summed E-state index contributed by atoms with van der Waals surface area (Å²) in [5.74, 6) is 0.0330. The topological polar surface area (TPSA) is 76.8 Å². The molecule has 0 saturated carbocycles. The van der Waals surface area contributed by atoms with Crippen molar-refractivity contribution in [3.63, 3.8) is 0 Å². The first-order valence-corrected chi connectivity index (χ1v) is 6.37. The molecule has 2 aliphatic rings. The Labute approximate surface area is 110 Å². The van der Waals surface area contributed by atoms with Gasteiger partial charge < -0.3 is 14.0 Å². The summed E-state index contributed by atoms with van der Waals surface area (Å²) in [6.07, 6.45) is 0. The largest absolute Gasteiger partial charge is 0.379 e. The van der Waals surface area contributed by atoms with Crippen molar-refractivity contribution in [2.24, 2.45) is 0 Å². The molecule has 7 nitrogen and oxygen atoms in total. The summed E-state index contributed by atoms with van der Waals surface area (Å²) in [6.45, 7) is 5.49. The SMILES string of the molecule is CC1(c2cc(C(=O)N3CCOCCN3)on2)COC1. The Balaban J connectivity index is 1.72. The zero-order valence-electron chi connectivity index (χ0n) is 10.8. The van der Waals surface area contributed by atoms with E-state index in [2.05, 4.69) is 10.6 Å². The number of ether oxygens (including phenoxy) is 2. The first kappa shape index (κ1) is 12.6. The van der Waals surface area contributed by atoms with Gasteiger partial charge >= 0.3 is 5.91 Å². The van der Waals surface area contributed by atoms with Crippen molar-refractivity contribution in [1.29, 1.82) is 0 Å². The zero-order chi connectivity index (χ0) is 13.3. The molecule has 3 heterocycles. The van der Waals surface area contributed by atoms with Crippen LogP contribution in [0.1, 0.15) is 23.2 Å². The second-order valence-corrected chi connectivity index (χ2v) is 5.11. The van der Waals surface area contributed by atoms with E-state index < -0.39 is 0 Å². The van der Waals surface area contributed by atoms with Gasteiger partial charge in [-0.15, -0.1) is 0 Å². The van der Waals surface area contributed by atoms with Crippen LogP contribution >= 0.6 is 0 Å². The molecule has 7 heteroatoms. The van der Waals surface area contributed by atoms with Crippen molar-refractivity contribution in [3.8, 4) is 0 Å². The highest BCUT2D eigenvalue weighted by Gasteiger charge is 2.39. The highest BCUT2D eigenvalue weighted by Crippen LogP contribution is 2.31. The van der Waals surface area contributed by atoms with Crippen LogP contribution < -0.4 is 5.43 Å². The number of rotatable bonds is 2. The molecule has 1 aromatic heterocycles. The van der Waals surface area contributed by atoms with Gasteiger partial charge in [-0.05, 0) is 6.92 Å². The van der Waals surface area contributed by atoms with E-state index in [4.69, 9.17) is 14.0 Å². The third-order valence-electron chi connectivity index (χ3n) is 3.43. The van der Waals surface area contributed by atoms with E-state index in [1.54, 1.807) is 6.07 Å². The summed E-state index contributed by atoms with van der Waals surface area (Å²) in [7, 11) is 0. The van der Waals surface area contributed by atoms with Gasteiger partial charge in [-0.2, -0.15) is 0 Å². The summed E-state index contributed by atoms with van der Waals surface area (Å²) >= 11 is 0. The average molecular weight is 267 g/mol. The normalized spacial score (nSPS) is 22.7. The molecule has 0 aliphatic carbocycles. The highest BCUT2D eigenvalue weighted by molar-refractivity contribution is 5.91. The highest BCUT2D eigenvalue weighted by atomic mass is 16.5. The van der Waals surface area contributed by atoms with E-state index in [0.717, 1.165) is 5.69 Å². The molecule has 19 heavy (non-hydrogen) atoms. The smallest absolute Gasteiger partial charge is 0.306 e. The number of hydrazine groups is 1. The number of hydrogen-bond donors (Lipinski definition) is 1. The first-order valence-electron chi connectivity index (χ1n) is 6.37. The standard InChI is InChI=1S/C12H17N3O4/c1-12(7-18-8-12)10-6-9(19-14-10)11(16)15-3-5-17-4-2-13-15/h6,13H,2-5,7-8H2,1H3. The van der Waals surface area contributed by atoms with Crippen molar-refractivity contribution in [2.75, 3.05) is 39.5 Å². The van der Waals surface area contributed by atoms with Crippen molar-refractivity contribution >= 4 is 5.91 Å². The number of hydrogen-bond acceptors (Lipinski definition) is 6. The fraction of sp³-hybridized carbons (Fsp3) is 0.667. The fourth-order valence-corrected chi connectivity index (χ4v) is 2.11. The van der Waals surface area contributed by atoms with Gasteiger partial charge in [0, 0.05) is 12.6 Å². The summed E-state index contributed by atoms with van der Waals surface area (Å²) in [4.78, 5) is 12.2. The summed E-state index contributed by atoms with van der Waals surface area (Å²) in [6, 6.07) is 1.71. The molecular formula is C12H17N3O4. The minimum absolute atomic E-state index is 0.128. The number of carbonyl (C=O) groups excluding carboxylic acids is 1. The van der Waals surface area contributed by atoms with Crippen LogP contribution in [0.15, 0.2) is 10.6 Å². The Morgan fingerprint density at radius 2 is 2.26 bits per heavy atom. The van der Waals surface area contributed by atoms with Crippen LogP contribution in [0.25, 0.3) is 0 Å². The second-order valence-electron chi connectivity index (χ2n) is 5.11. The van der Waals surface area contributed by atoms with Gasteiger partial charge in [-0.25, -0.2) is 5.43 Å². The van der Waals surface area contributed by atoms with Crippen molar-refractivity contribution < 1.29 is 18.8 Å². The Bertz CT molecular complexity index is 461. The van der Waals surface area contributed by atoms with Gasteiger partial charge in [0.15, 0.2) is 0 Å². The molecule has 1 aromatic rings. The lowest BCUT2D eigenvalue weighted by atomic mass is 9.85. The molecule has 0 unspecified atom stereocenters. The quantitative estimate of drug-likeness (QED) is 0.809. The van der Waals surface area contributed by atoms with Crippen LogP contribution in [0, 0.1) is 0 Å². The molecule has 2 saturated heterocycles. The lowest BCUT2D eigenvalue weighted by Crippen LogP contribution is -2.44. The maximum Gasteiger partial charge on any atom is 0.306 e. The molecule has 0 atom stereocenters. The summed E-state index contributed by atoms with van der Waals surface area (Å²) < 4.78 is 15.6. The molecule has 1 N–H and O–H groups in total. The lowest BCUT2D eigenvalue weighted by Gasteiger charge is -2.35. The molecule has 3 rings (SSSR count). The number of aromatic nitrogens is 1. The average Bonchev–Trinajstić information content (AvgIpc) is 2.71. The van der Waals surface area contributed by atoms with Gasteiger partial charge in [-0.1, -0.05) is 5.16 Å². The number of nitrogens with zero attached hydrogens (tertiary/aromatic N) is 2. The van der Waals surface area contributed by atoms with E-state index in [1.807, 2.05) is 6.92 Å². The zero-order valence-corrected chi connectivity index (χ0v) is 10.8. The van der Waals surface area contributed by atoms with E-state index in [9.17, 15) is 4.79 Å². The molecule has 0 radical (unpaired) electrons. The minimum atomic E-state index is -0.215. The predicted molar refractivity (Wildman–Crippen MR) is 64.5 cm³/mol. The van der Waals surface area contributed by atoms with Crippen LogP contribution in [0.3, 0.4) is 0 Å². The monoisotopic (exact) mass is 267 g/mol. The Kier molecular flexibility index (Phi) is 3.26. The van der Waals surface area contributed by atoms with Crippen LogP contribution in [-0.4, -0.2) is 55.6 Å². The molecule has 2 fully saturated rings. The molecule has 1 amide bonds. The van der Waals surface area contributed by atoms with Crippen LogP contribution in [0.5, 0.6) is 0 Å². The number of nitrogens with one attached hydrogen (secondary N) is 1. The minimum Gasteiger partial charge on any atom is -0.379 e. The van der Waals surface area contributed by atoms with E-state index in [-0.39, 0.29) is 17.1 Å². The van der Waals surface area contributed by atoms with E-state index in [1.165, 1.54) is 5.01 Å². The molecule has 0 aromatic carbocycles. The maximum absolute atomic E-state index is 12.2. The van der Waals surface area contributed by atoms with Gasteiger partial charge in [0.1, 0.15) is 0 Å². The van der Waals surface area contributed by atoms with Gasteiger partial charge in [-0.3, -0.25) is 9.80 Å². The summed E-state index contributed by atoms with van der Waals surface area (Å²) in [5, 5.41) is 5.50. The Morgan fingerprint density at radius 1 is 1.42 bits per heavy atom. The Hall–Kier alpha value is -1.44. The third-order valence-corrected chi connectivity index (χ3v) is 3.43. The second kappa shape index (κ2) is 4.92. The van der Waals surface area contributed by atoms with Crippen LogP contribution in [0.4, 0.5) is 0 Å². The molecule has 104 valence electrons. The third kappa shape index (κ3) is 2.36. The van der Waals surface area contributed by atoms with Gasteiger partial charge in [0.25, 0.3) is 0 Å². The van der Waals surface area contributed by atoms with Crippen molar-refractivity contribution in [3.05, 3.63) is 17.5 Å². The van der Waals surface area contributed by atoms with Crippen molar-refractivity contribution in [1.82, 2.24) is 15.6 Å². The predicted octanol–water partition coefficient (Wildman–Crippen LogP) is -0.0605. The van der Waals surface area contributed by atoms with E-state index >= 15 is 0 Å². The first-order chi connectivity index (χ1) is 9.19. The molecular weight excluding hydrogens is 250 g/mol. The van der Waals surface area contributed by atoms with Gasteiger partial charge in [0.05, 0.1) is 44.1 Å². The number of amides is 1.